The first kappa shape index (κ1) is 13.3. The fourth-order valence-corrected chi connectivity index (χ4v) is 1.96. The lowest BCUT2D eigenvalue weighted by atomic mass is 9.86. The summed E-state index contributed by atoms with van der Waals surface area (Å²) in [4.78, 5) is 0. The molecule has 0 heterocycles. The highest BCUT2D eigenvalue weighted by Crippen LogP contribution is 2.28. The highest BCUT2D eigenvalue weighted by atomic mass is 35.5. The third kappa shape index (κ3) is 3.13. The van der Waals surface area contributed by atoms with Crippen molar-refractivity contribution >= 4 is 11.6 Å². The molecule has 16 heavy (non-hydrogen) atoms. The van der Waals surface area contributed by atoms with Crippen LogP contribution < -0.4 is 10.5 Å². The first-order chi connectivity index (χ1) is 7.54. The first-order valence-electron chi connectivity index (χ1n) is 5.66. The van der Waals surface area contributed by atoms with Gasteiger partial charge in [-0.1, -0.05) is 25.4 Å². The second-order valence-corrected chi connectivity index (χ2v) is 4.64. The fraction of sp³-hybridized carbons (Fsp3) is 0.538. The SMILES string of the molecule is CCC(N)(CC)Cc1cc(Cl)ccc1OC. The van der Waals surface area contributed by atoms with Crippen LogP contribution in [0.5, 0.6) is 5.75 Å². The summed E-state index contributed by atoms with van der Waals surface area (Å²) in [5.74, 6) is 0.862. The molecule has 0 spiro atoms. The molecular formula is C13H20ClNO. The molecule has 0 radical (unpaired) electrons. The number of hydrogen-bond acceptors (Lipinski definition) is 2. The van der Waals surface area contributed by atoms with Gasteiger partial charge in [-0.15, -0.1) is 0 Å². The van der Waals surface area contributed by atoms with Crippen LogP contribution in [-0.2, 0) is 6.42 Å². The summed E-state index contributed by atoms with van der Waals surface area (Å²) in [7, 11) is 1.67. The summed E-state index contributed by atoms with van der Waals surface area (Å²) >= 11 is 5.99. The normalized spacial score (nSPS) is 11.6. The highest BCUT2D eigenvalue weighted by Gasteiger charge is 2.22. The van der Waals surface area contributed by atoms with Crippen LogP contribution in [-0.4, -0.2) is 12.6 Å². The van der Waals surface area contributed by atoms with Crippen molar-refractivity contribution in [1.29, 1.82) is 0 Å². The number of nitrogens with two attached hydrogens (primary N) is 1. The lowest BCUT2D eigenvalue weighted by Gasteiger charge is -2.27. The van der Waals surface area contributed by atoms with Gasteiger partial charge in [0, 0.05) is 10.6 Å². The van der Waals surface area contributed by atoms with Crippen LogP contribution in [0.15, 0.2) is 18.2 Å². The van der Waals surface area contributed by atoms with E-state index in [1.54, 1.807) is 7.11 Å². The van der Waals surface area contributed by atoms with E-state index in [0.717, 1.165) is 35.6 Å². The van der Waals surface area contributed by atoms with Crippen molar-refractivity contribution < 1.29 is 4.74 Å². The van der Waals surface area contributed by atoms with Gasteiger partial charge < -0.3 is 10.5 Å². The van der Waals surface area contributed by atoms with Crippen LogP contribution in [0.25, 0.3) is 0 Å². The van der Waals surface area contributed by atoms with Gasteiger partial charge in [0.25, 0.3) is 0 Å². The zero-order chi connectivity index (χ0) is 12.2. The lowest BCUT2D eigenvalue weighted by Crippen LogP contribution is -2.40. The molecule has 1 aromatic rings. The predicted octanol–water partition coefficient (Wildman–Crippen LogP) is 3.41. The molecule has 90 valence electrons. The fourth-order valence-electron chi connectivity index (χ4n) is 1.76. The van der Waals surface area contributed by atoms with Gasteiger partial charge in [-0.2, -0.15) is 0 Å². The van der Waals surface area contributed by atoms with Gasteiger partial charge in [0.15, 0.2) is 0 Å². The Hall–Kier alpha value is -0.730. The number of halogens is 1. The van der Waals surface area contributed by atoms with Crippen molar-refractivity contribution in [3.63, 3.8) is 0 Å². The van der Waals surface area contributed by atoms with E-state index in [1.807, 2.05) is 18.2 Å². The molecule has 1 rings (SSSR count). The van der Waals surface area contributed by atoms with Gasteiger partial charge in [-0.05, 0) is 43.0 Å². The number of rotatable bonds is 5. The molecule has 2 N–H and O–H groups in total. The minimum absolute atomic E-state index is 0.169. The maximum absolute atomic E-state index is 6.30. The Morgan fingerprint density at radius 1 is 1.31 bits per heavy atom. The molecule has 0 saturated carbocycles. The standard InChI is InChI=1S/C13H20ClNO/c1-4-13(15,5-2)9-10-8-11(14)6-7-12(10)16-3/h6-8H,4-5,9,15H2,1-3H3. The maximum Gasteiger partial charge on any atom is 0.122 e. The molecule has 3 heteroatoms. The third-order valence-electron chi connectivity index (χ3n) is 3.19. The Kier molecular flexibility index (Phi) is 4.63. The summed E-state index contributed by atoms with van der Waals surface area (Å²) < 4.78 is 5.32. The van der Waals surface area contributed by atoms with Gasteiger partial charge in [-0.25, -0.2) is 0 Å². The van der Waals surface area contributed by atoms with E-state index in [4.69, 9.17) is 22.1 Å². The molecule has 0 fully saturated rings. The second-order valence-electron chi connectivity index (χ2n) is 4.20. The van der Waals surface area contributed by atoms with Crippen molar-refractivity contribution in [1.82, 2.24) is 0 Å². The summed E-state index contributed by atoms with van der Waals surface area (Å²) in [5.41, 5.74) is 7.22. The van der Waals surface area contributed by atoms with E-state index in [0.29, 0.717) is 0 Å². The van der Waals surface area contributed by atoms with Gasteiger partial charge >= 0.3 is 0 Å². The van der Waals surface area contributed by atoms with Crippen LogP contribution in [0.3, 0.4) is 0 Å². The Balaban J connectivity index is 2.98. The second kappa shape index (κ2) is 5.55. The van der Waals surface area contributed by atoms with Crippen molar-refractivity contribution in [2.75, 3.05) is 7.11 Å². The molecule has 0 atom stereocenters. The van der Waals surface area contributed by atoms with E-state index >= 15 is 0 Å². The maximum atomic E-state index is 6.30. The third-order valence-corrected chi connectivity index (χ3v) is 3.43. The summed E-state index contributed by atoms with van der Waals surface area (Å²) in [6, 6.07) is 5.66. The molecule has 0 aromatic heterocycles. The molecule has 0 aliphatic carbocycles. The largest absolute Gasteiger partial charge is 0.496 e. The molecular weight excluding hydrogens is 222 g/mol. The van der Waals surface area contributed by atoms with Crippen LogP contribution in [0, 0.1) is 0 Å². The van der Waals surface area contributed by atoms with Gasteiger partial charge in [0.1, 0.15) is 5.75 Å². The van der Waals surface area contributed by atoms with Crippen LogP contribution >= 0.6 is 11.6 Å². The molecule has 0 bridgehead atoms. The average molecular weight is 242 g/mol. The Morgan fingerprint density at radius 2 is 1.94 bits per heavy atom. The van der Waals surface area contributed by atoms with Crippen molar-refractivity contribution in [3.05, 3.63) is 28.8 Å². The van der Waals surface area contributed by atoms with Crippen LogP contribution in [0.4, 0.5) is 0 Å². The molecule has 0 aliphatic heterocycles. The molecule has 2 nitrogen and oxygen atoms in total. The van der Waals surface area contributed by atoms with E-state index in [2.05, 4.69) is 13.8 Å². The number of benzene rings is 1. The van der Waals surface area contributed by atoms with Crippen molar-refractivity contribution in [2.24, 2.45) is 5.73 Å². The van der Waals surface area contributed by atoms with Crippen molar-refractivity contribution in [3.8, 4) is 5.75 Å². The Labute approximate surface area is 103 Å². The molecule has 1 aromatic carbocycles. The predicted molar refractivity (Wildman–Crippen MR) is 69.2 cm³/mol. The van der Waals surface area contributed by atoms with Crippen LogP contribution in [0.1, 0.15) is 32.3 Å². The van der Waals surface area contributed by atoms with Crippen molar-refractivity contribution in [2.45, 2.75) is 38.6 Å². The summed E-state index contributed by atoms with van der Waals surface area (Å²) in [6.07, 6.45) is 2.68. The number of ether oxygens (including phenoxy) is 1. The number of hydrogen-bond donors (Lipinski definition) is 1. The zero-order valence-electron chi connectivity index (χ0n) is 10.2. The smallest absolute Gasteiger partial charge is 0.122 e. The lowest BCUT2D eigenvalue weighted by molar-refractivity contribution is 0.372. The summed E-state index contributed by atoms with van der Waals surface area (Å²) in [6.45, 7) is 4.22. The average Bonchev–Trinajstić information content (AvgIpc) is 2.29. The molecule has 0 unspecified atom stereocenters. The zero-order valence-corrected chi connectivity index (χ0v) is 11.0. The Morgan fingerprint density at radius 3 is 2.44 bits per heavy atom. The topological polar surface area (TPSA) is 35.2 Å². The van der Waals surface area contributed by atoms with E-state index in [9.17, 15) is 0 Å². The van der Waals surface area contributed by atoms with E-state index in [-0.39, 0.29) is 5.54 Å². The number of methoxy groups -OCH3 is 1. The minimum atomic E-state index is -0.169. The van der Waals surface area contributed by atoms with E-state index in [1.165, 1.54) is 0 Å². The first-order valence-corrected chi connectivity index (χ1v) is 6.03. The van der Waals surface area contributed by atoms with E-state index < -0.39 is 0 Å². The Bertz CT molecular complexity index is 348. The summed E-state index contributed by atoms with van der Waals surface area (Å²) in [5, 5.41) is 0.727. The van der Waals surface area contributed by atoms with Gasteiger partial charge in [0.05, 0.1) is 7.11 Å². The quantitative estimate of drug-likeness (QED) is 0.858. The van der Waals surface area contributed by atoms with Gasteiger partial charge in [0.2, 0.25) is 0 Å². The van der Waals surface area contributed by atoms with Gasteiger partial charge in [-0.3, -0.25) is 0 Å². The minimum Gasteiger partial charge on any atom is -0.496 e. The van der Waals surface area contributed by atoms with Crippen LogP contribution in [0.2, 0.25) is 5.02 Å². The monoisotopic (exact) mass is 241 g/mol. The highest BCUT2D eigenvalue weighted by molar-refractivity contribution is 6.30. The molecule has 0 saturated heterocycles. The molecule has 0 amide bonds. The molecule has 0 aliphatic rings.